The van der Waals surface area contributed by atoms with Crippen LogP contribution in [0.25, 0.3) is 10.6 Å². The van der Waals surface area contributed by atoms with Crippen LogP contribution in [0.15, 0.2) is 57.3 Å². The lowest BCUT2D eigenvalue weighted by Crippen LogP contribution is -2.50. The molecule has 0 saturated carbocycles. The van der Waals surface area contributed by atoms with E-state index in [0.717, 1.165) is 4.88 Å². The van der Waals surface area contributed by atoms with Crippen LogP contribution in [0.2, 0.25) is 5.02 Å². The summed E-state index contributed by atoms with van der Waals surface area (Å²) < 4.78 is 32.2. The molecule has 7 nitrogen and oxygen atoms in total. The van der Waals surface area contributed by atoms with Gasteiger partial charge >= 0.3 is 0 Å². The van der Waals surface area contributed by atoms with Crippen molar-refractivity contribution in [3.63, 3.8) is 0 Å². The van der Waals surface area contributed by atoms with Gasteiger partial charge in [-0.2, -0.15) is 4.31 Å². The first kappa shape index (κ1) is 19.1. The summed E-state index contributed by atoms with van der Waals surface area (Å²) in [6, 6.07) is 11.7. The lowest BCUT2D eigenvalue weighted by molar-refractivity contribution is 0.0687. The number of rotatable bonds is 4. The van der Waals surface area contributed by atoms with Crippen LogP contribution >= 0.6 is 22.9 Å². The van der Waals surface area contributed by atoms with Gasteiger partial charge in [-0.05, 0) is 23.6 Å². The second-order valence-electron chi connectivity index (χ2n) is 6.18. The van der Waals surface area contributed by atoms with E-state index in [4.69, 9.17) is 16.1 Å². The molecule has 0 radical (unpaired) electrons. The molecule has 4 rings (SSSR count). The van der Waals surface area contributed by atoms with Crippen LogP contribution in [0.3, 0.4) is 0 Å². The summed E-state index contributed by atoms with van der Waals surface area (Å²) in [6.45, 7) is 0.914. The van der Waals surface area contributed by atoms with E-state index in [9.17, 15) is 13.2 Å². The molecule has 0 atom stereocenters. The van der Waals surface area contributed by atoms with Crippen molar-refractivity contribution in [3.05, 3.63) is 58.6 Å². The van der Waals surface area contributed by atoms with E-state index >= 15 is 0 Å². The van der Waals surface area contributed by atoms with Crippen LogP contribution in [0.4, 0.5) is 0 Å². The van der Waals surface area contributed by atoms with E-state index in [1.54, 1.807) is 29.2 Å². The summed E-state index contributed by atoms with van der Waals surface area (Å²) in [7, 11) is -3.70. The maximum Gasteiger partial charge on any atom is 0.276 e. The van der Waals surface area contributed by atoms with Crippen molar-refractivity contribution < 1.29 is 17.7 Å². The Kier molecular flexibility index (Phi) is 5.24. The van der Waals surface area contributed by atoms with Crippen molar-refractivity contribution in [3.8, 4) is 10.6 Å². The largest absolute Gasteiger partial charge is 0.355 e. The number of aromatic nitrogens is 1. The van der Waals surface area contributed by atoms with Gasteiger partial charge in [0.15, 0.2) is 11.5 Å². The summed E-state index contributed by atoms with van der Waals surface area (Å²) in [6.07, 6.45) is 0. The van der Waals surface area contributed by atoms with Crippen molar-refractivity contribution in [2.45, 2.75) is 4.90 Å². The highest BCUT2D eigenvalue weighted by Gasteiger charge is 2.32. The van der Waals surface area contributed by atoms with E-state index in [0.29, 0.717) is 5.76 Å². The topological polar surface area (TPSA) is 83.7 Å². The second kappa shape index (κ2) is 7.67. The number of benzene rings is 1. The zero-order chi connectivity index (χ0) is 19.7. The molecule has 0 spiro atoms. The molecule has 3 heterocycles. The summed E-state index contributed by atoms with van der Waals surface area (Å²) in [5.41, 5.74) is 0.214. The number of amides is 1. The number of nitrogens with zero attached hydrogens (tertiary/aromatic N) is 3. The van der Waals surface area contributed by atoms with E-state index in [1.807, 2.05) is 17.5 Å². The van der Waals surface area contributed by atoms with Crippen molar-refractivity contribution in [2.75, 3.05) is 26.2 Å². The first-order valence-electron chi connectivity index (χ1n) is 8.51. The Morgan fingerprint density at radius 2 is 1.86 bits per heavy atom. The molecule has 1 aliphatic heterocycles. The van der Waals surface area contributed by atoms with Crippen LogP contribution < -0.4 is 0 Å². The average Bonchev–Trinajstić information content (AvgIpc) is 3.39. The third-order valence-corrected chi connectivity index (χ3v) is 7.76. The van der Waals surface area contributed by atoms with E-state index in [-0.39, 0.29) is 47.7 Å². The average molecular weight is 438 g/mol. The molecule has 3 aromatic rings. The first-order valence-corrected chi connectivity index (χ1v) is 11.2. The molecule has 0 bridgehead atoms. The van der Waals surface area contributed by atoms with Crippen LogP contribution in [0.5, 0.6) is 0 Å². The number of piperazine rings is 1. The van der Waals surface area contributed by atoms with Gasteiger partial charge < -0.3 is 9.42 Å². The van der Waals surface area contributed by atoms with E-state index in [2.05, 4.69) is 5.16 Å². The Balaban J connectivity index is 1.44. The Morgan fingerprint density at radius 3 is 2.54 bits per heavy atom. The minimum atomic E-state index is -3.70. The van der Waals surface area contributed by atoms with Gasteiger partial charge in [0.1, 0.15) is 4.90 Å². The number of carbonyl (C=O) groups excluding carboxylic acids is 1. The van der Waals surface area contributed by atoms with Gasteiger partial charge in [-0.1, -0.05) is 35.0 Å². The third-order valence-electron chi connectivity index (χ3n) is 4.47. The van der Waals surface area contributed by atoms with Gasteiger partial charge in [0.2, 0.25) is 10.0 Å². The summed E-state index contributed by atoms with van der Waals surface area (Å²) in [5, 5.41) is 5.97. The number of halogens is 1. The maximum absolute atomic E-state index is 12.8. The van der Waals surface area contributed by atoms with Gasteiger partial charge in [0, 0.05) is 32.2 Å². The molecule has 0 N–H and O–H groups in total. The van der Waals surface area contributed by atoms with Crippen molar-refractivity contribution in [2.24, 2.45) is 0 Å². The zero-order valence-electron chi connectivity index (χ0n) is 14.6. The fraction of sp³-hybridized carbons (Fsp3) is 0.222. The number of hydrogen-bond donors (Lipinski definition) is 0. The molecule has 1 aliphatic rings. The van der Waals surface area contributed by atoms with Gasteiger partial charge in [0.05, 0.1) is 9.90 Å². The molecule has 10 heteroatoms. The summed E-state index contributed by atoms with van der Waals surface area (Å²) in [5.74, 6) is 0.264. The predicted molar refractivity (Wildman–Crippen MR) is 106 cm³/mol. The molecule has 1 fully saturated rings. The van der Waals surface area contributed by atoms with Crippen molar-refractivity contribution in [1.82, 2.24) is 14.4 Å². The molecular weight excluding hydrogens is 422 g/mol. The second-order valence-corrected chi connectivity index (χ2v) is 9.44. The third kappa shape index (κ3) is 3.58. The fourth-order valence-corrected chi connectivity index (χ4v) is 5.59. The van der Waals surface area contributed by atoms with Gasteiger partial charge in [-0.25, -0.2) is 8.42 Å². The normalized spacial score (nSPS) is 15.7. The summed E-state index contributed by atoms with van der Waals surface area (Å²) in [4.78, 5) is 15.2. The Hall–Kier alpha value is -2.20. The standard InChI is InChI=1S/C18H16ClN3O4S2/c19-13-4-1-2-6-17(13)28(24,25)22-9-7-21(8-10-22)18(23)14-12-15(26-20-14)16-5-3-11-27-16/h1-6,11-12H,7-10H2. The molecular formula is C18H16ClN3O4S2. The molecule has 2 aromatic heterocycles. The van der Waals surface area contributed by atoms with Gasteiger partial charge in [-0.3, -0.25) is 4.79 Å². The Bertz CT molecular complexity index is 1090. The lowest BCUT2D eigenvalue weighted by Gasteiger charge is -2.33. The molecule has 0 unspecified atom stereocenters. The minimum Gasteiger partial charge on any atom is -0.355 e. The number of thiophene rings is 1. The fourth-order valence-electron chi connectivity index (χ4n) is 3.00. The highest BCUT2D eigenvalue weighted by Crippen LogP contribution is 2.27. The minimum absolute atomic E-state index is 0.0773. The zero-order valence-corrected chi connectivity index (χ0v) is 17.0. The maximum atomic E-state index is 12.8. The SMILES string of the molecule is O=C(c1cc(-c2cccs2)on1)N1CCN(S(=O)(=O)c2ccccc2Cl)CC1. The van der Waals surface area contributed by atoms with Gasteiger partial charge in [0.25, 0.3) is 5.91 Å². The highest BCUT2D eigenvalue weighted by molar-refractivity contribution is 7.89. The quantitative estimate of drug-likeness (QED) is 0.625. The lowest BCUT2D eigenvalue weighted by atomic mass is 10.2. The van der Waals surface area contributed by atoms with Crippen LogP contribution in [-0.2, 0) is 10.0 Å². The van der Waals surface area contributed by atoms with Crippen molar-refractivity contribution in [1.29, 1.82) is 0 Å². The van der Waals surface area contributed by atoms with Crippen LogP contribution in [-0.4, -0.2) is 54.9 Å². The molecule has 0 aliphatic carbocycles. The van der Waals surface area contributed by atoms with Crippen LogP contribution in [0.1, 0.15) is 10.5 Å². The molecule has 1 aromatic carbocycles. The van der Waals surface area contributed by atoms with Crippen LogP contribution in [0, 0.1) is 0 Å². The smallest absolute Gasteiger partial charge is 0.276 e. The summed E-state index contributed by atoms with van der Waals surface area (Å²) >= 11 is 7.54. The first-order chi connectivity index (χ1) is 13.5. The predicted octanol–water partition coefficient (Wildman–Crippen LogP) is 3.20. The Morgan fingerprint density at radius 1 is 1.11 bits per heavy atom. The molecule has 1 saturated heterocycles. The number of sulfonamides is 1. The monoisotopic (exact) mass is 437 g/mol. The van der Waals surface area contributed by atoms with Gasteiger partial charge in [-0.15, -0.1) is 11.3 Å². The number of hydrogen-bond acceptors (Lipinski definition) is 6. The molecule has 146 valence electrons. The molecule has 28 heavy (non-hydrogen) atoms. The van der Waals surface area contributed by atoms with E-state index in [1.165, 1.54) is 21.7 Å². The Labute approximate surface area is 171 Å². The molecule has 1 amide bonds. The number of carbonyl (C=O) groups is 1. The van der Waals surface area contributed by atoms with Crippen molar-refractivity contribution >= 4 is 38.9 Å². The van der Waals surface area contributed by atoms with E-state index < -0.39 is 10.0 Å². The highest BCUT2D eigenvalue weighted by atomic mass is 35.5.